The van der Waals surface area contributed by atoms with Gasteiger partial charge in [-0.15, -0.1) is 0 Å². The molecule has 1 amide bonds. The number of amides is 1. The Labute approximate surface area is 186 Å². The van der Waals surface area contributed by atoms with Gasteiger partial charge < -0.3 is 5.32 Å². The van der Waals surface area contributed by atoms with Crippen LogP contribution < -0.4 is 5.32 Å². The molecule has 0 radical (unpaired) electrons. The third kappa shape index (κ3) is 4.39. The van der Waals surface area contributed by atoms with Crippen molar-refractivity contribution < 1.29 is 83.8 Å². The first-order valence-corrected chi connectivity index (χ1v) is 8.38. The van der Waals surface area contributed by atoms with Crippen LogP contribution in [0, 0.1) is 5.82 Å². The molecule has 0 unspecified atom stereocenters. The van der Waals surface area contributed by atoms with Crippen molar-refractivity contribution in [1.29, 1.82) is 0 Å². The normalized spacial score (nSPS) is 15.2. The monoisotopic (exact) mass is 571 g/mol. The molecular formula is C16H7F18NO. The van der Waals surface area contributed by atoms with Gasteiger partial charge in [-0.3, -0.25) is 4.79 Å². The predicted octanol–water partition coefficient (Wildman–Crippen LogP) is 6.45. The van der Waals surface area contributed by atoms with Crippen molar-refractivity contribution in [3.63, 3.8) is 0 Å². The van der Waals surface area contributed by atoms with Crippen LogP contribution >= 0.6 is 0 Å². The minimum absolute atomic E-state index is 0.429. The molecule has 0 spiro atoms. The number of nitrogens with one attached hydrogen (secondary N) is 1. The van der Waals surface area contributed by atoms with E-state index >= 15 is 0 Å². The Bertz CT molecular complexity index is 949. The largest absolute Gasteiger partial charge is 0.460 e. The average Bonchev–Trinajstić information content (AvgIpc) is 2.71. The molecule has 1 aromatic carbocycles. The van der Waals surface area contributed by atoms with Gasteiger partial charge in [-0.1, -0.05) is 12.1 Å². The van der Waals surface area contributed by atoms with Gasteiger partial charge >= 0.3 is 47.6 Å². The lowest BCUT2D eigenvalue weighted by Gasteiger charge is -2.42. The molecule has 0 aliphatic heterocycles. The minimum Gasteiger partial charge on any atom is -0.347 e. The molecule has 2 nitrogen and oxygen atoms in total. The summed E-state index contributed by atoms with van der Waals surface area (Å²) < 4.78 is 236. The molecule has 0 heterocycles. The van der Waals surface area contributed by atoms with E-state index in [-0.39, 0.29) is 0 Å². The Kier molecular flexibility index (Phi) is 7.67. The van der Waals surface area contributed by atoms with Crippen LogP contribution in [-0.2, 0) is 11.3 Å². The van der Waals surface area contributed by atoms with E-state index < -0.39 is 71.5 Å². The van der Waals surface area contributed by atoms with Gasteiger partial charge in [0.2, 0.25) is 0 Å². The van der Waals surface area contributed by atoms with Gasteiger partial charge in [0, 0.05) is 6.54 Å². The van der Waals surface area contributed by atoms with E-state index in [4.69, 9.17) is 0 Å². The van der Waals surface area contributed by atoms with Crippen molar-refractivity contribution in [2.45, 2.75) is 54.2 Å². The van der Waals surface area contributed by atoms with Crippen molar-refractivity contribution >= 4 is 5.91 Å². The molecule has 0 aliphatic rings. The Balaban J connectivity index is 3.45. The fourth-order valence-corrected chi connectivity index (χ4v) is 2.20. The highest BCUT2D eigenvalue weighted by atomic mass is 19.4. The maximum absolute atomic E-state index is 13.7. The van der Waals surface area contributed by atoms with Crippen molar-refractivity contribution in [3.05, 3.63) is 35.6 Å². The first kappa shape index (κ1) is 31.5. The number of alkyl halides is 17. The molecule has 0 fully saturated rings. The zero-order valence-electron chi connectivity index (χ0n) is 16.2. The molecule has 0 aromatic heterocycles. The summed E-state index contributed by atoms with van der Waals surface area (Å²) in [4.78, 5) is 11.3. The van der Waals surface area contributed by atoms with Gasteiger partial charge in [0.15, 0.2) is 0 Å². The van der Waals surface area contributed by atoms with Crippen LogP contribution in [0.4, 0.5) is 79.0 Å². The van der Waals surface area contributed by atoms with Gasteiger partial charge in [-0.05, 0) is 17.7 Å². The topological polar surface area (TPSA) is 29.1 Å². The number of hydrogen-bond donors (Lipinski definition) is 1. The van der Waals surface area contributed by atoms with Crippen molar-refractivity contribution in [2.24, 2.45) is 0 Å². The first-order chi connectivity index (χ1) is 15.6. The lowest BCUT2D eigenvalue weighted by atomic mass is 9.89. The summed E-state index contributed by atoms with van der Waals surface area (Å²) in [6.07, 6.45) is -7.85. The van der Waals surface area contributed by atoms with Crippen LogP contribution in [-0.4, -0.2) is 53.5 Å². The van der Waals surface area contributed by atoms with Crippen molar-refractivity contribution in [3.8, 4) is 0 Å². The zero-order chi connectivity index (χ0) is 29.0. The van der Waals surface area contributed by atoms with Gasteiger partial charge in [0.25, 0.3) is 5.91 Å². The summed E-state index contributed by atoms with van der Waals surface area (Å²) in [6, 6.07) is 2.53. The molecule has 208 valence electrons. The summed E-state index contributed by atoms with van der Waals surface area (Å²) in [7, 11) is 0. The van der Waals surface area contributed by atoms with E-state index in [0.717, 1.165) is 5.32 Å². The number of rotatable bonds is 9. The quantitative estimate of drug-likeness (QED) is 0.340. The van der Waals surface area contributed by atoms with Crippen LogP contribution in [0.2, 0.25) is 0 Å². The summed E-state index contributed by atoms with van der Waals surface area (Å²) in [5.41, 5.74) is -0.429. The second-order valence-corrected chi connectivity index (χ2v) is 6.83. The fraction of sp³-hybridized carbons (Fsp3) is 0.562. The van der Waals surface area contributed by atoms with E-state index in [2.05, 4.69) is 0 Å². The molecule has 36 heavy (non-hydrogen) atoms. The molecular weight excluding hydrogens is 564 g/mol. The number of halogens is 18. The van der Waals surface area contributed by atoms with E-state index in [1.165, 1.54) is 0 Å². The van der Waals surface area contributed by atoms with Gasteiger partial charge in [-0.2, -0.15) is 74.6 Å². The van der Waals surface area contributed by atoms with E-state index in [9.17, 15) is 83.8 Å². The summed E-state index contributed by atoms with van der Waals surface area (Å²) >= 11 is 0. The third-order valence-corrected chi connectivity index (χ3v) is 4.37. The van der Waals surface area contributed by atoms with Crippen LogP contribution in [0.15, 0.2) is 24.3 Å². The molecule has 1 N–H and O–H groups in total. The number of benzene rings is 1. The standard InChI is InChI=1S/C16H7F18NO/c17-7-3-1-6(2-4-7)5-35-8(36)9(18,19)10(20,21)11(22,23)12(24,25)13(26,27)14(28,29)15(30,31)16(32,33)34/h1-4H,5H2,(H,35,36). The lowest BCUT2D eigenvalue weighted by Crippen LogP contribution is -2.75. The van der Waals surface area contributed by atoms with Crippen LogP contribution in [0.3, 0.4) is 0 Å². The van der Waals surface area contributed by atoms with Crippen LogP contribution in [0.25, 0.3) is 0 Å². The Morgan fingerprint density at radius 2 is 0.889 bits per heavy atom. The van der Waals surface area contributed by atoms with Gasteiger partial charge in [0.05, 0.1) is 0 Å². The van der Waals surface area contributed by atoms with E-state index in [0.29, 0.717) is 24.3 Å². The Hall–Kier alpha value is -2.57. The molecule has 1 rings (SSSR count). The third-order valence-electron chi connectivity index (χ3n) is 4.37. The van der Waals surface area contributed by atoms with Gasteiger partial charge in [0.1, 0.15) is 5.82 Å². The average molecular weight is 571 g/mol. The van der Waals surface area contributed by atoms with Gasteiger partial charge in [-0.25, -0.2) is 4.39 Å². The molecule has 0 aliphatic carbocycles. The van der Waals surface area contributed by atoms with Crippen molar-refractivity contribution in [1.82, 2.24) is 5.32 Å². The Morgan fingerprint density at radius 3 is 1.25 bits per heavy atom. The molecule has 0 saturated carbocycles. The van der Waals surface area contributed by atoms with Crippen LogP contribution in [0.1, 0.15) is 5.56 Å². The summed E-state index contributed by atoms with van der Waals surface area (Å²) in [6.45, 7) is -1.35. The van der Waals surface area contributed by atoms with Crippen molar-refractivity contribution in [2.75, 3.05) is 0 Å². The second kappa shape index (κ2) is 8.77. The van der Waals surface area contributed by atoms with Crippen LogP contribution in [0.5, 0.6) is 0 Å². The molecule has 20 heteroatoms. The highest BCUT2D eigenvalue weighted by molar-refractivity contribution is 5.84. The lowest BCUT2D eigenvalue weighted by molar-refractivity contribution is -0.459. The molecule has 0 atom stereocenters. The Morgan fingerprint density at radius 1 is 0.556 bits per heavy atom. The number of carbonyl (C=O) groups is 1. The zero-order valence-corrected chi connectivity index (χ0v) is 16.2. The SMILES string of the molecule is O=C(NCc1ccc(F)cc1)C(F)(F)C(F)(F)C(F)(F)C(F)(F)C(F)(F)C(F)(F)C(F)(F)C(F)(F)F. The smallest absolute Gasteiger partial charge is 0.347 e. The fourth-order valence-electron chi connectivity index (χ4n) is 2.20. The highest BCUT2D eigenvalue weighted by Gasteiger charge is 2.95. The maximum atomic E-state index is 13.7. The predicted molar refractivity (Wildman–Crippen MR) is 78.9 cm³/mol. The molecule has 0 saturated heterocycles. The van der Waals surface area contributed by atoms with E-state index in [1.54, 1.807) is 0 Å². The summed E-state index contributed by atoms with van der Waals surface area (Å²) in [5.74, 6) is -62.9. The summed E-state index contributed by atoms with van der Waals surface area (Å²) in [5, 5.41) is 0.727. The molecule has 0 bridgehead atoms. The molecule has 1 aromatic rings. The highest BCUT2D eigenvalue weighted by Crippen LogP contribution is 2.63. The minimum atomic E-state index is -8.77. The first-order valence-electron chi connectivity index (χ1n) is 8.38. The number of carbonyl (C=O) groups excluding carboxylic acids is 1. The maximum Gasteiger partial charge on any atom is 0.460 e. The number of hydrogen-bond acceptors (Lipinski definition) is 1. The second-order valence-electron chi connectivity index (χ2n) is 6.83. The van der Waals surface area contributed by atoms with E-state index in [1.807, 2.05) is 0 Å².